The van der Waals surface area contributed by atoms with Crippen LogP contribution < -0.4 is 0 Å². The van der Waals surface area contributed by atoms with E-state index in [9.17, 15) is 0 Å². The Kier molecular flexibility index (Phi) is 2.82. The van der Waals surface area contributed by atoms with Gasteiger partial charge in [0.25, 0.3) is 0 Å². The average molecular weight is 291 g/mol. The summed E-state index contributed by atoms with van der Waals surface area (Å²) >= 11 is 1.78. The van der Waals surface area contributed by atoms with Crippen LogP contribution >= 0.6 is 11.3 Å². The zero-order chi connectivity index (χ0) is 14.2. The van der Waals surface area contributed by atoms with Crippen LogP contribution in [0.4, 0.5) is 0 Å². The van der Waals surface area contributed by atoms with Crippen LogP contribution in [0.25, 0.3) is 26.5 Å². The summed E-state index contributed by atoms with van der Waals surface area (Å²) in [4.78, 5) is 10.0. The van der Waals surface area contributed by atoms with E-state index in [0.29, 0.717) is 0 Å². The zero-order valence-corrected chi connectivity index (χ0v) is 12.3. The summed E-state index contributed by atoms with van der Waals surface area (Å²) in [7, 11) is 0. The first-order chi connectivity index (χ1) is 10.3. The van der Waals surface area contributed by atoms with Gasteiger partial charge >= 0.3 is 0 Å². The van der Waals surface area contributed by atoms with Crippen LogP contribution in [0.15, 0.2) is 61.1 Å². The topological polar surface area (TPSA) is 30.7 Å². The molecule has 4 aromatic rings. The molecule has 0 atom stereocenters. The fourth-order valence-corrected chi connectivity index (χ4v) is 3.51. The Labute approximate surface area is 126 Å². The fourth-order valence-electron chi connectivity index (χ4n) is 2.45. The van der Waals surface area contributed by atoms with Crippen molar-refractivity contribution in [2.24, 2.45) is 0 Å². The first-order valence-electron chi connectivity index (χ1n) is 6.76. The number of aryl methyl sites for hydroxylation is 1. The second kappa shape index (κ2) is 4.82. The molecule has 4 heteroatoms. The van der Waals surface area contributed by atoms with Gasteiger partial charge in [-0.15, -0.1) is 11.3 Å². The monoisotopic (exact) mass is 291 g/mol. The lowest BCUT2D eigenvalue weighted by Gasteiger charge is -2.07. The van der Waals surface area contributed by atoms with Gasteiger partial charge in [-0.1, -0.05) is 6.07 Å². The minimum Gasteiger partial charge on any atom is -0.300 e. The molecule has 0 amide bonds. The molecule has 4 heterocycles. The van der Waals surface area contributed by atoms with Crippen LogP contribution in [-0.2, 0) is 0 Å². The molecule has 3 nitrogen and oxygen atoms in total. The summed E-state index contributed by atoms with van der Waals surface area (Å²) in [5, 5.41) is 1.18. The number of aromatic nitrogens is 3. The van der Waals surface area contributed by atoms with Gasteiger partial charge in [-0.3, -0.25) is 4.98 Å². The predicted octanol–water partition coefficient (Wildman–Crippen LogP) is 4.46. The molecule has 0 unspecified atom stereocenters. The molecule has 0 aliphatic heterocycles. The van der Waals surface area contributed by atoms with Crippen LogP contribution in [0.1, 0.15) is 5.69 Å². The fraction of sp³-hybridized carbons (Fsp3) is 0.0588. The molecular weight excluding hydrogens is 278 g/mol. The van der Waals surface area contributed by atoms with Crippen LogP contribution in [0, 0.1) is 6.92 Å². The van der Waals surface area contributed by atoms with Crippen molar-refractivity contribution in [3.05, 3.63) is 66.7 Å². The first-order valence-corrected chi connectivity index (χ1v) is 7.58. The molecule has 0 aromatic carbocycles. The van der Waals surface area contributed by atoms with Crippen molar-refractivity contribution in [2.45, 2.75) is 6.92 Å². The first kappa shape index (κ1) is 12.3. The lowest BCUT2D eigenvalue weighted by molar-refractivity contribution is 0.997. The summed E-state index contributed by atoms with van der Waals surface area (Å²) in [6, 6.07) is 14.5. The second-order valence-electron chi connectivity index (χ2n) is 4.92. The third-order valence-electron chi connectivity index (χ3n) is 3.44. The molecule has 0 saturated heterocycles. The lowest BCUT2D eigenvalue weighted by atomic mass is 10.3. The van der Waals surface area contributed by atoms with Gasteiger partial charge in [0.2, 0.25) is 0 Å². The van der Waals surface area contributed by atoms with E-state index in [4.69, 9.17) is 0 Å². The molecule has 102 valence electrons. The van der Waals surface area contributed by atoms with Crippen molar-refractivity contribution in [3.63, 3.8) is 0 Å². The van der Waals surface area contributed by atoms with Crippen molar-refractivity contribution < 1.29 is 0 Å². The number of hydrogen-bond donors (Lipinski definition) is 0. The van der Waals surface area contributed by atoms with Crippen LogP contribution in [-0.4, -0.2) is 14.5 Å². The van der Waals surface area contributed by atoms with Crippen LogP contribution in [0.5, 0.6) is 0 Å². The minimum atomic E-state index is 0.950. The van der Waals surface area contributed by atoms with Gasteiger partial charge in [0.15, 0.2) is 0 Å². The molecule has 21 heavy (non-hydrogen) atoms. The van der Waals surface area contributed by atoms with Crippen molar-refractivity contribution in [1.29, 1.82) is 0 Å². The minimum absolute atomic E-state index is 0.950. The standard InChI is InChI=1S/C17H13N3S/c1-12-4-2-6-17(19-12)20-9-3-5-14(20)16-10-13-11-18-8-7-15(13)21-16/h2-11H,1H3. The van der Waals surface area contributed by atoms with Gasteiger partial charge < -0.3 is 4.57 Å². The van der Waals surface area contributed by atoms with Crippen molar-refractivity contribution in [1.82, 2.24) is 14.5 Å². The van der Waals surface area contributed by atoms with Gasteiger partial charge in [0.1, 0.15) is 5.82 Å². The Morgan fingerprint density at radius 1 is 1.10 bits per heavy atom. The van der Waals surface area contributed by atoms with Crippen LogP contribution in [0.3, 0.4) is 0 Å². The third-order valence-corrected chi connectivity index (χ3v) is 4.58. The number of thiophene rings is 1. The molecule has 0 spiro atoms. The van der Waals surface area contributed by atoms with E-state index in [1.807, 2.05) is 37.5 Å². The molecule has 0 aliphatic rings. The molecule has 4 rings (SSSR count). The summed E-state index contributed by atoms with van der Waals surface area (Å²) in [6.45, 7) is 2.01. The molecule has 0 bridgehead atoms. The number of pyridine rings is 2. The number of hydrogen-bond acceptors (Lipinski definition) is 3. The Morgan fingerprint density at radius 3 is 2.90 bits per heavy atom. The van der Waals surface area contributed by atoms with E-state index in [-0.39, 0.29) is 0 Å². The molecular formula is C17H13N3S. The Balaban J connectivity index is 1.88. The number of rotatable bonds is 2. The third kappa shape index (κ3) is 2.14. The second-order valence-corrected chi connectivity index (χ2v) is 6.01. The van der Waals surface area contributed by atoms with E-state index in [0.717, 1.165) is 17.2 Å². The largest absolute Gasteiger partial charge is 0.300 e. The van der Waals surface area contributed by atoms with Gasteiger partial charge in [-0.25, -0.2) is 4.98 Å². The van der Waals surface area contributed by atoms with Gasteiger partial charge in [-0.05, 0) is 43.3 Å². The summed E-state index contributed by atoms with van der Waals surface area (Å²) < 4.78 is 3.38. The quantitative estimate of drug-likeness (QED) is 0.546. The van der Waals surface area contributed by atoms with Gasteiger partial charge in [0, 0.05) is 34.4 Å². The highest BCUT2D eigenvalue weighted by molar-refractivity contribution is 7.22. The summed E-state index contributed by atoms with van der Waals surface area (Å²) in [5.41, 5.74) is 2.18. The van der Waals surface area contributed by atoms with E-state index < -0.39 is 0 Å². The highest BCUT2D eigenvalue weighted by Gasteiger charge is 2.10. The van der Waals surface area contributed by atoms with Crippen molar-refractivity contribution in [3.8, 4) is 16.4 Å². The molecule has 0 N–H and O–H groups in total. The highest BCUT2D eigenvalue weighted by atomic mass is 32.1. The van der Waals surface area contributed by atoms with Gasteiger partial charge in [0.05, 0.1) is 10.6 Å². The normalized spacial score (nSPS) is 11.1. The molecule has 0 aliphatic carbocycles. The van der Waals surface area contributed by atoms with Crippen molar-refractivity contribution in [2.75, 3.05) is 0 Å². The molecule has 0 radical (unpaired) electrons. The molecule has 0 fully saturated rings. The van der Waals surface area contributed by atoms with E-state index >= 15 is 0 Å². The maximum atomic E-state index is 4.61. The van der Waals surface area contributed by atoms with E-state index in [2.05, 4.69) is 45.0 Å². The number of fused-ring (bicyclic) bond motifs is 1. The summed E-state index contributed by atoms with van der Waals surface area (Å²) in [5.74, 6) is 0.950. The summed E-state index contributed by atoms with van der Waals surface area (Å²) in [6.07, 6.45) is 5.80. The Bertz CT molecular complexity index is 887. The SMILES string of the molecule is Cc1cccc(-n2cccc2-c2cc3cnccc3s2)n1. The maximum absolute atomic E-state index is 4.61. The Hall–Kier alpha value is -2.46. The van der Waals surface area contributed by atoms with E-state index in [1.165, 1.54) is 15.0 Å². The Morgan fingerprint density at radius 2 is 2.05 bits per heavy atom. The van der Waals surface area contributed by atoms with Gasteiger partial charge in [-0.2, -0.15) is 0 Å². The zero-order valence-electron chi connectivity index (χ0n) is 11.5. The average Bonchev–Trinajstić information content (AvgIpc) is 3.13. The lowest BCUT2D eigenvalue weighted by Crippen LogP contribution is -1.98. The van der Waals surface area contributed by atoms with Crippen LogP contribution in [0.2, 0.25) is 0 Å². The predicted molar refractivity (Wildman–Crippen MR) is 86.9 cm³/mol. The smallest absolute Gasteiger partial charge is 0.137 e. The highest BCUT2D eigenvalue weighted by Crippen LogP contribution is 2.34. The maximum Gasteiger partial charge on any atom is 0.137 e. The van der Waals surface area contributed by atoms with Crippen molar-refractivity contribution >= 4 is 21.4 Å². The molecule has 4 aromatic heterocycles. The van der Waals surface area contributed by atoms with E-state index in [1.54, 1.807) is 11.3 Å². The number of nitrogens with zero attached hydrogens (tertiary/aromatic N) is 3. The molecule has 0 saturated carbocycles.